The first-order chi connectivity index (χ1) is 9.39. The zero-order valence-corrected chi connectivity index (χ0v) is 12.0. The number of rotatable bonds is 3. The van der Waals surface area contributed by atoms with Crippen LogP contribution in [0.25, 0.3) is 0 Å². The fraction of sp³-hybridized carbons (Fsp3) is 0.429. The van der Waals surface area contributed by atoms with Crippen molar-refractivity contribution in [1.82, 2.24) is 5.32 Å². The fourth-order valence-electron chi connectivity index (χ4n) is 2.20. The lowest BCUT2D eigenvalue weighted by molar-refractivity contribution is -0.134. The molecule has 6 heteroatoms. The van der Waals surface area contributed by atoms with Crippen molar-refractivity contribution in [2.75, 3.05) is 25.7 Å². The molecule has 1 N–H and O–H groups in total. The van der Waals surface area contributed by atoms with Crippen LogP contribution in [0.5, 0.6) is 11.5 Å². The number of ether oxygens (including phenoxy) is 2. The summed E-state index contributed by atoms with van der Waals surface area (Å²) in [7, 11) is 3.06. The predicted molar refractivity (Wildman–Crippen MR) is 74.1 cm³/mol. The highest BCUT2D eigenvalue weighted by atomic mass is 16.5. The van der Waals surface area contributed by atoms with Gasteiger partial charge in [-0.25, -0.2) is 0 Å². The summed E-state index contributed by atoms with van der Waals surface area (Å²) in [4.78, 5) is 25.6. The molecule has 1 aromatic rings. The van der Waals surface area contributed by atoms with Crippen molar-refractivity contribution in [2.45, 2.75) is 19.4 Å². The minimum absolute atomic E-state index is 0.0229. The lowest BCUT2D eigenvalue weighted by atomic mass is 10.00. The molecule has 1 aliphatic rings. The maximum Gasteiger partial charge on any atom is 0.252 e. The highest BCUT2D eigenvalue weighted by molar-refractivity contribution is 6.09. The van der Waals surface area contributed by atoms with Gasteiger partial charge in [-0.05, 0) is 26.0 Å². The molecule has 0 spiro atoms. The topological polar surface area (TPSA) is 67.9 Å². The Balaban J connectivity index is 2.44. The van der Waals surface area contributed by atoms with Gasteiger partial charge in [-0.2, -0.15) is 0 Å². The van der Waals surface area contributed by atoms with Crippen LogP contribution in [0.4, 0.5) is 5.69 Å². The van der Waals surface area contributed by atoms with Gasteiger partial charge >= 0.3 is 0 Å². The first-order valence-corrected chi connectivity index (χ1v) is 6.24. The molecule has 1 heterocycles. The molecule has 6 nitrogen and oxygen atoms in total. The molecule has 0 atom stereocenters. The Labute approximate surface area is 117 Å². The Morgan fingerprint density at radius 1 is 1.20 bits per heavy atom. The van der Waals surface area contributed by atoms with Crippen LogP contribution in [0.15, 0.2) is 18.2 Å². The van der Waals surface area contributed by atoms with Gasteiger partial charge in [0.05, 0.1) is 19.9 Å². The summed E-state index contributed by atoms with van der Waals surface area (Å²) in [5.41, 5.74) is -0.374. The molecule has 0 saturated carbocycles. The molecule has 20 heavy (non-hydrogen) atoms. The number of hydrogen-bond donors (Lipinski definition) is 1. The van der Waals surface area contributed by atoms with E-state index >= 15 is 0 Å². The molecule has 2 amide bonds. The van der Waals surface area contributed by atoms with Crippen molar-refractivity contribution in [2.24, 2.45) is 0 Å². The largest absolute Gasteiger partial charge is 0.497 e. The molecule has 1 aromatic carbocycles. The number of nitrogens with one attached hydrogen (secondary N) is 1. The van der Waals surface area contributed by atoms with Crippen LogP contribution in [-0.2, 0) is 9.59 Å². The molecular weight excluding hydrogens is 260 g/mol. The minimum atomic E-state index is -0.930. The van der Waals surface area contributed by atoms with Crippen molar-refractivity contribution in [3.05, 3.63) is 18.2 Å². The maximum atomic E-state index is 12.4. The number of benzene rings is 1. The van der Waals surface area contributed by atoms with Crippen molar-refractivity contribution >= 4 is 17.5 Å². The second-order valence-electron chi connectivity index (χ2n) is 5.10. The molecular formula is C14H18N2O4. The Morgan fingerprint density at radius 2 is 1.90 bits per heavy atom. The van der Waals surface area contributed by atoms with E-state index in [0.717, 1.165) is 0 Å². The average Bonchev–Trinajstić information content (AvgIpc) is 2.41. The molecule has 0 radical (unpaired) electrons. The number of hydrogen-bond acceptors (Lipinski definition) is 4. The van der Waals surface area contributed by atoms with E-state index in [-0.39, 0.29) is 18.4 Å². The first-order valence-electron chi connectivity index (χ1n) is 6.24. The van der Waals surface area contributed by atoms with Gasteiger partial charge in [0.1, 0.15) is 23.6 Å². The lowest BCUT2D eigenvalue weighted by Gasteiger charge is -2.37. The van der Waals surface area contributed by atoms with E-state index in [0.29, 0.717) is 17.2 Å². The van der Waals surface area contributed by atoms with Gasteiger partial charge < -0.3 is 14.8 Å². The van der Waals surface area contributed by atoms with E-state index in [1.807, 2.05) is 0 Å². The molecule has 0 unspecified atom stereocenters. The third kappa shape index (κ3) is 2.41. The SMILES string of the molecule is COc1ccc(N2CC(=O)NC(C)(C)C2=O)c(OC)c1. The fourth-order valence-corrected chi connectivity index (χ4v) is 2.20. The summed E-state index contributed by atoms with van der Waals surface area (Å²) < 4.78 is 10.4. The van der Waals surface area contributed by atoms with E-state index in [1.165, 1.54) is 12.0 Å². The summed E-state index contributed by atoms with van der Waals surface area (Å²) in [5, 5.41) is 2.67. The van der Waals surface area contributed by atoms with Crippen LogP contribution in [0.3, 0.4) is 0 Å². The van der Waals surface area contributed by atoms with Crippen molar-refractivity contribution in [3.8, 4) is 11.5 Å². The van der Waals surface area contributed by atoms with E-state index in [9.17, 15) is 9.59 Å². The standard InChI is InChI=1S/C14H18N2O4/c1-14(2)13(18)16(8-12(17)15-14)10-6-5-9(19-3)7-11(10)20-4/h5-7H,8H2,1-4H3,(H,15,17). The maximum absolute atomic E-state index is 12.4. The predicted octanol–water partition coefficient (Wildman–Crippen LogP) is 0.945. The van der Waals surface area contributed by atoms with Crippen LogP contribution in [0.1, 0.15) is 13.8 Å². The van der Waals surface area contributed by atoms with Gasteiger partial charge in [0, 0.05) is 6.07 Å². The van der Waals surface area contributed by atoms with Gasteiger partial charge in [-0.15, -0.1) is 0 Å². The molecule has 1 aliphatic heterocycles. The number of amides is 2. The Morgan fingerprint density at radius 3 is 2.50 bits per heavy atom. The van der Waals surface area contributed by atoms with E-state index in [2.05, 4.69) is 5.32 Å². The van der Waals surface area contributed by atoms with Gasteiger partial charge in [0.25, 0.3) is 5.91 Å². The second kappa shape index (κ2) is 5.03. The van der Waals surface area contributed by atoms with Gasteiger partial charge in [0.2, 0.25) is 5.91 Å². The van der Waals surface area contributed by atoms with Crippen molar-refractivity contribution in [3.63, 3.8) is 0 Å². The average molecular weight is 278 g/mol. The summed E-state index contributed by atoms with van der Waals surface area (Å²) >= 11 is 0. The molecule has 1 fully saturated rings. The zero-order valence-electron chi connectivity index (χ0n) is 12.0. The molecule has 0 bridgehead atoms. The summed E-state index contributed by atoms with van der Waals surface area (Å²) in [6.07, 6.45) is 0. The summed E-state index contributed by atoms with van der Waals surface area (Å²) in [5.74, 6) is 0.731. The summed E-state index contributed by atoms with van der Waals surface area (Å²) in [6.45, 7) is 3.33. The number of nitrogens with zero attached hydrogens (tertiary/aromatic N) is 1. The van der Waals surface area contributed by atoms with Crippen molar-refractivity contribution in [1.29, 1.82) is 0 Å². The highest BCUT2D eigenvalue weighted by Crippen LogP contribution is 2.34. The van der Waals surface area contributed by atoms with Crippen molar-refractivity contribution < 1.29 is 19.1 Å². The molecule has 108 valence electrons. The van der Waals surface area contributed by atoms with E-state index in [4.69, 9.17) is 9.47 Å². The summed E-state index contributed by atoms with van der Waals surface area (Å²) in [6, 6.07) is 5.12. The first kappa shape index (κ1) is 14.2. The third-order valence-corrected chi connectivity index (χ3v) is 3.21. The number of methoxy groups -OCH3 is 2. The van der Waals surface area contributed by atoms with Crippen LogP contribution < -0.4 is 19.7 Å². The number of piperazine rings is 1. The Hall–Kier alpha value is -2.24. The molecule has 0 aliphatic carbocycles. The lowest BCUT2D eigenvalue weighted by Crippen LogP contribution is -2.64. The molecule has 0 aromatic heterocycles. The molecule has 1 saturated heterocycles. The third-order valence-electron chi connectivity index (χ3n) is 3.21. The number of carbonyl (C=O) groups is 2. The number of anilines is 1. The van der Waals surface area contributed by atoms with Gasteiger partial charge in [-0.1, -0.05) is 0 Å². The zero-order chi connectivity index (χ0) is 14.9. The van der Waals surface area contributed by atoms with Crippen LogP contribution >= 0.6 is 0 Å². The second-order valence-corrected chi connectivity index (χ2v) is 5.10. The van der Waals surface area contributed by atoms with E-state index < -0.39 is 5.54 Å². The monoisotopic (exact) mass is 278 g/mol. The smallest absolute Gasteiger partial charge is 0.252 e. The van der Waals surface area contributed by atoms with Crippen LogP contribution in [0.2, 0.25) is 0 Å². The minimum Gasteiger partial charge on any atom is -0.497 e. The van der Waals surface area contributed by atoms with E-state index in [1.54, 1.807) is 39.2 Å². The quantitative estimate of drug-likeness (QED) is 0.893. The van der Waals surface area contributed by atoms with Gasteiger partial charge in [0.15, 0.2) is 0 Å². The molecule has 2 rings (SSSR count). The number of carbonyl (C=O) groups excluding carboxylic acids is 2. The normalized spacial score (nSPS) is 17.7. The highest BCUT2D eigenvalue weighted by Gasteiger charge is 2.40. The van der Waals surface area contributed by atoms with Crippen LogP contribution in [0, 0.1) is 0 Å². The Bertz CT molecular complexity index is 554. The van der Waals surface area contributed by atoms with Crippen LogP contribution in [-0.4, -0.2) is 38.1 Å². The van der Waals surface area contributed by atoms with Gasteiger partial charge in [-0.3, -0.25) is 14.5 Å². The Kier molecular flexibility index (Phi) is 3.57.